The van der Waals surface area contributed by atoms with Gasteiger partial charge in [0.15, 0.2) is 6.29 Å². The van der Waals surface area contributed by atoms with Gasteiger partial charge in [-0.1, -0.05) is 20.3 Å². The molecule has 0 unspecified atom stereocenters. The average molecular weight is 1060 g/mol. The van der Waals surface area contributed by atoms with Crippen LogP contribution in [-0.2, 0) is 57.4 Å². The third-order valence-corrected chi connectivity index (χ3v) is 14.0. The van der Waals surface area contributed by atoms with Gasteiger partial charge in [0.05, 0.1) is 31.5 Å². The molecule has 0 saturated carbocycles. The van der Waals surface area contributed by atoms with Crippen molar-refractivity contribution in [1.82, 2.24) is 46.6 Å². The summed E-state index contributed by atoms with van der Waals surface area (Å²) in [6.45, 7) is 7.96. The maximum absolute atomic E-state index is 15.0. The Balaban J connectivity index is 1.64. The van der Waals surface area contributed by atoms with Gasteiger partial charge in [-0.25, -0.2) is 0 Å². The van der Waals surface area contributed by atoms with Crippen molar-refractivity contribution in [1.29, 1.82) is 0 Å². The Labute approximate surface area is 428 Å². The molecule has 0 spiro atoms. The van der Waals surface area contributed by atoms with Gasteiger partial charge in [-0.15, -0.1) is 0 Å². The molecule has 0 aromatic rings. The van der Waals surface area contributed by atoms with E-state index in [1.807, 2.05) is 0 Å². The van der Waals surface area contributed by atoms with Crippen molar-refractivity contribution in [2.75, 3.05) is 32.8 Å². The highest BCUT2D eigenvalue weighted by atomic mass is 16.7. The summed E-state index contributed by atoms with van der Waals surface area (Å²) in [6, 6.07) is -12.9. The first-order chi connectivity index (χ1) is 34.8. The fourth-order valence-electron chi connectivity index (χ4n) is 9.61. The second-order valence-corrected chi connectivity index (χ2v) is 19.5. The molecular weight excluding hydrogens is 981 g/mol. The van der Waals surface area contributed by atoms with E-state index < -0.39 is 170 Å². The van der Waals surface area contributed by atoms with Gasteiger partial charge in [0.2, 0.25) is 59.1 Å². The first-order valence-corrected chi connectivity index (χ1v) is 25.0. The lowest BCUT2D eigenvalue weighted by molar-refractivity contribution is -0.281. The van der Waals surface area contributed by atoms with Gasteiger partial charge in [-0.3, -0.25) is 47.9 Å². The standard InChI is InChI=1S/C46H76N10O18/c1-8-20(2)31(43(70)49-26(18-57)39(66)51-32(21(3)59)38(47)65)50-41(68)28-13-11-17-56(28)45(72)34(23(5)73-46-35(48-24(6)61)37(64)36(63)30(19-58)74-46)53-42(69)29-14-10-16-55(29)44(71)33(22(4)60)52-40(67)27-12-9-15-54(27)25(7)62/h20-23,26-37,46,57-60,63-64H,8-19H2,1-7H3,(H2,47,65)(H,48,61)(H,49,70)(H,50,68)(H,51,66)(H,52,67)(H,53,69)/t20-,21+,22+,23+,26-,27-,28-,29-,30+,31-,32-,33-,34-,35+,36-,37+,46-/m0/s1. The number of hydrogen-bond donors (Lipinski definition) is 13. The lowest BCUT2D eigenvalue weighted by atomic mass is 9.96. The number of amides is 10. The molecule has 0 radical (unpaired) electrons. The van der Waals surface area contributed by atoms with Crippen molar-refractivity contribution >= 4 is 59.1 Å². The molecule has 17 atom stereocenters. The first kappa shape index (κ1) is 60.9. The van der Waals surface area contributed by atoms with Crippen LogP contribution in [0.2, 0.25) is 0 Å². The van der Waals surface area contributed by atoms with E-state index in [0.29, 0.717) is 25.8 Å². The smallest absolute Gasteiger partial charge is 0.248 e. The van der Waals surface area contributed by atoms with E-state index in [9.17, 15) is 78.6 Å². The molecule has 0 aliphatic carbocycles. The Hall–Kier alpha value is -5.62. The number of rotatable bonds is 23. The zero-order chi connectivity index (χ0) is 55.5. The number of carbonyl (C=O) groups is 10. The largest absolute Gasteiger partial charge is 0.394 e. The minimum absolute atomic E-state index is 0.0144. The van der Waals surface area contributed by atoms with E-state index in [4.69, 9.17) is 15.2 Å². The normalized spacial score (nSPS) is 27.5. The molecule has 4 fully saturated rings. The van der Waals surface area contributed by atoms with Crippen LogP contribution in [0, 0.1) is 5.92 Å². The van der Waals surface area contributed by atoms with Crippen molar-refractivity contribution in [3.8, 4) is 0 Å². The third-order valence-electron chi connectivity index (χ3n) is 14.0. The molecule has 4 aliphatic heterocycles. The highest BCUT2D eigenvalue weighted by molar-refractivity contribution is 5.99. The third kappa shape index (κ3) is 14.8. The average Bonchev–Trinajstić information content (AvgIpc) is 4.16. The number of nitrogens with zero attached hydrogens (tertiary/aromatic N) is 3. The van der Waals surface area contributed by atoms with Gasteiger partial charge in [-0.2, -0.15) is 0 Å². The van der Waals surface area contributed by atoms with Gasteiger partial charge < -0.3 is 92.4 Å². The molecular formula is C46H76N10O18. The van der Waals surface area contributed by atoms with E-state index in [1.165, 1.54) is 32.6 Å². The molecule has 10 amide bonds. The summed E-state index contributed by atoms with van der Waals surface area (Å²) in [5, 5.41) is 77.1. The van der Waals surface area contributed by atoms with Gasteiger partial charge >= 0.3 is 0 Å². The lowest BCUT2D eigenvalue weighted by Gasteiger charge is -2.43. The van der Waals surface area contributed by atoms with Crippen LogP contribution >= 0.6 is 0 Å². The van der Waals surface area contributed by atoms with Crippen molar-refractivity contribution in [3.05, 3.63) is 0 Å². The van der Waals surface area contributed by atoms with Crippen LogP contribution in [0.15, 0.2) is 0 Å². The number of primary amides is 1. The minimum atomic E-state index is -1.77. The number of carbonyl (C=O) groups excluding carboxylic acids is 10. The van der Waals surface area contributed by atoms with Crippen molar-refractivity contribution in [2.45, 2.75) is 191 Å². The molecule has 418 valence electrons. The molecule has 0 bridgehead atoms. The quantitative estimate of drug-likeness (QED) is 0.0452. The zero-order valence-corrected chi connectivity index (χ0v) is 42.8. The highest BCUT2D eigenvalue weighted by Gasteiger charge is 2.49. The summed E-state index contributed by atoms with van der Waals surface area (Å²) in [7, 11) is 0. The topological polar surface area (TPSA) is 418 Å². The summed E-state index contributed by atoms with van der Waals surface area (Å²) in [6.07, 6.45) is -9.26. The Kier molecular flexibility index (Phi) is 22.4. The molecule has 4 heterocycles. The Bertz CT molecular complexity index is 2050. The summed E-state index contributed by atoms with van der Waals surface area (Å²) >= 11 is 0. The van der Waals surface area contributed by atoms with Crippen LogP contribution in [0.4, 0.5) is 0 Å². The molecule has 74 heavy (non-hydrogen) atoms. The number of aliphatic hydroxyl groups excluding tert-OH is 6. The number of ether oxygens (including phenoxy) is 2. The van der Waals surface area contributed by atoms with E-state index in [0.717, 1.165) is 16.7 Å². The fourth-order valence-corrected chi connectivity index (χ4v) is 9.61. The highest BCUT2D eigenvalue weighted by Crippen LogP contribution is 2.27. The van der Waals surface area contributed by atoms with E-state index in [2.05, 4.69) is 31.9 Å². The van der Waals surface area contributed by atoms with Crippen LogP contribution in [-0.4, -0.2) is 235 Å². The van der Waals surface area contributed by atoms with Gasteiger partial charge in [0.25, 0.3) is 0 Å². The SMILES string of the molecule is CC[C@H](C)[C@H](NC(=O)[C@@H]1CCCN1C(=O)[C@@H](NC(=O)[C@@H]1CCCN1C(=O)[C@@H](NC(=O)[C@@H]1CCCN1C(C)=O)[C@@H](C)O)[C@@H](C)O[C@H]1O[C@H](CO)[C@H](O)[C@H](O)[C@H]1NC(C)=O)C(=O)N[C@@H](CO)C(=O)N[C@H](C(N)=O)[C@@H](C)O. The maximum Gasteiger partial charge on any atom is 0.248 e. The molecule has 0 aromatic carbocycles. The van der Waals surface area contributed by atoms with Gasteiger partial charge in [0, 0.05) is 33.5 Å². The lowest BCUT2D eigenvalue weighted by Crippen LogP contribution is -2.66. The van der Waals surface area contributed by atoms with Crippen LogP contribution in [0.25, 0.3) is 0 Å². The summed E-state index contributed by atoms with van der Waals surface area (Å²) in [5.74, 6) is -8.93. The molecule has 4 saturated heterocycles. The molecule has 28 heteroatoms. The Morgan fingerprint density at radius 1 is 0.649 bits per heavy atom. The Morgan fingerprint density at radius 2 is 1.12 bits per heavy atom. The van der Waals surface area contributed by atoms with Gasteiger partial charge in [-0.05, 0) is 65.2 Å². The molecule has 0 aromatic heterocycles. The second kappa shape index (κ2) is 27.3. The van der Waals surface area contributed by atoms with E-state index in [1.54, 1.807) is 13.8 Å². The number of nitrogens with two attached hydrogens (primary N) is 1. The number of nitrogens with one attached hydrogen (secondary N) is 6. The first-order valence-electron chi connectivity index (χ1n) is 25.0. The van der Waals surface area contributed by atoms with Crippen LogP contribution < -0.4 is 37.6 Å². The van der Waals surface area contributed by atoms with Crippen molar-refractivity contribution in [3.63, 3.8) is 0 Å². The minimum Gasteiger partial charge on any atom is -0.394 e. The second-order valence-electron chi connectivity index (χ2n) is 19.5. The summed E-state index contributed by atoms with van der Waals surface area (Å²) in [4.78, 5) is 138. The fraction of sp³-hybridized carbons (Fsp3) is 0.783. The zero-order valence-electron chi connectivity index (χ0n) is 42.8. The monoisotopic (exact) mass is 1060 g/mol. The molecule has 14 N–H and O–H groups in total. The predicted molar refractivity (Wildman–Crippen MR) is 255 cm³/mol. The Morgan fingerprint density at radius 3 is 1.57 bits per heavy atom. The van der Waals surface area contributed by atoms with Crippen LogP contribution in [0.5, 0.6) is 0 Å². The summed E-state index contributed by atoms with van der Waals surface area (Å²) < 4.78 is 11.9. The number of likely N-dealkylation sites (tertiary alicyclic amines) is 3. The summed E-state index contributed by atoms with van der Waals surface area (Å²) in [5.41, 5.74) is 5.27. The van der Waals surface area contributed by atoms with Crippen LogP contribution in [0.1, 0.15) is 93.4 Å². The molecule has 4 rings (SSSR count). The van der Waals surface area contributed by atoms with E-state index >= 15 is 0 Å². The number of hydrogen-bond acceptors (Lipinski definition) is 18. The maximum atomic E-state index is 15.0. The predicted octanol–water partition coefficient (Wildman–Crippen LogP) is -6.96. The van der Waals surface area contributed by atoms with Crippen LogP contribution in [0.3, 0.4) is 0 Å². The molecule has 4 aliphatic rings. The van der Waals surface area contributed by atoms with Crippen molar-refractivity contribution in [2.24, 2.45) is 11.7 Å². The number of aliphatic hydroxyl groups is 6. The van der Waals surface area contributed by atoms with Gasteiger partial charge in [0.1, 0.15) is 72.7 Å². The van der Waals surface area contributed by atoms with E-state index in [-0.39, 0.29) is 44.7 Å². The van der Waals surface area contributed by atoms with Crippen molar-refractivity contribution < 1.29 is 88.1 Å². The molecule has 28 nitrogen and oxygen atoms in total.